The molecular formula is C5H9N3. The van der Waals surface area contributed by atoms with E-state index in [1.807, 2.05) is 6.92 Å². The Morgan fingerprint density at radius 1 is 1.62 bits per heavy atom. The van der Waals surface area contributed by atoms with Gasteiger partial charge in [-0.2, -0.15) is 0 Å². The van der Waals surface area contributed by atoms with Crippen molar-refractivity contribution < 1.29 is 0 Å². The van der Waals surface area contributed by atoms with Crippen LogP contribution >= 0.6 is 0 Å². The number of nitrogens with one attached hydrogen (secondary N) is 1. The van der Waals surface area contributed by atoms with Crippen LogP contribution in [-0.2, 0) is 0 Å². The van der Waals surface area contributed by atoms with Gasteiger partial charge in [0.05, 0.1) is 0 Å². The zero-order valence-corrected chi connectivity index (χ0v) is 5.05. The summed E-state index contributed by atoms with van der Waals surface area (Å²) in [5.74, 6) is 0.475. The highest BCUT2D eigenvalue weighted by Gasteiger charge is 1.75. The molecule has 0 aliphatic carbocycles. The number of hydrogen-bond donors (Lipinski definition) is 1. The summed E-state index contributed by atoms with van der Waals surface area (Å²) in [6.07, 6.45) is 3.39. The molecule has 0 heterocycles. The van der Waals surface area contributed by atoms with Crippen molar-refractivity contribution in [1.29, 1.82) is 5.53 Å². The van der Waals surface area contributed by atoms with Crippen molar-refractivity contribution in [1.82, 2.24) is 0 Å². The maximum Gasteiger partial charge on any atom is 0.147 e. The molecule has 1 N–H and O–H groups in total. The summed E-state index contributed by atoms with van der Waals surface area (Å²) in [5, 5.41) is 3.07. The van der Waals surface area contributed by atoms with Crippen molar-refractivity contribution in [3.8, 4) is 0 Å². The predicted molar refractivity (Wildman–Crippen MR) is 33.1 cm³/mol. The van der Waals surface area contributed by atoms with Gasteiger partial charge in [0.25, 0.3) is 0 Å². The third-order valence-corrected chi connectivity index (χ3v) is 0.572. The van der Waals surface area contributed by atoms with E-state index in [1.54, 1.807) is 19.2 Å². The fourth-order valence-electron chi connectivity index (χ4n) is 0.211. The molecule has 0 aliphatic rings. The van der Waals surface area contributed by atoms with Crippen LogP contribution in [0, 0.1) is 5.53 Å². The zero-order valence-electron chi connectivity index (χ0n) is 5.05. The number of amidine groups is 1. The van der Waals surface area contributed by atoms with Crippen LogP contribution in [0.25, 0.3) is 0 Å². The molecule has 0 saturated heterocycles. The van der Waals surface area contributed by atoms with Gasteiger partial charge in [0.15, 0.2) is 0 Å². The van der Waals surface area contributed by atoms with E-state index in [1.165, 1.54) is 0 Å². The van der Waals surface area contributed by atoms with Crippen LogP contribution < -0.4 is 0 Å². The highest BCUT2D eigenvalue weighted by Crippen LogP contribution is 1.79. The van der Waals surface area contributed by atoms with Crippen LogP contribution in [0.15, 0.2) is 22.4 Å². The van der Waals surface area contributed by atoms with Crippen molar-refractivity contribution in [2.75, 3.05) is 0 Å². The Balaban J connectivity index is 3.74. The molecule has 0 aromatic rings. The van der Waals surface area contributed by atoms with E-state index in [0.29, 0.717) is 5.84 Å². The van der Waals surface area contributed by atoms with Gasteiger partial charge in [-0.25, -0.2) is 10.5 Å². The van der Waals surface area contributed by atoms with Crippen molar-refractivity contribution in [2.45, 2.75) is 13.8 Å². The Morgan fingerprint density at radius 2 is 2.25 bits per heavy atom. The second-order valence-corrected chi connectivity index (χ2v) is 1.27. The number of hydrogen-bond acceptors (Lipinski definition) is 2. The van der Waals surface area contributed by atoms with Gasteiger partial charge in [-0.3, -0.25) is 0 Å². The first-order chi connectivity index (χ1) is 3.81. The smallest absolute Gasteiger partial charge is 0.147 e. The Hall–Kier alpha value is -0.990. The molecule has 0 spiro atoms. The maximum absolute atomic E-state index is 6.45. The highest BCUT2D eigenvalue weighted by atomic mass is 15.0. The van der Waals surface area contributed by atoms with Gasteiger partial charge in [0.1, 0.15) is 5.84 Å². The van der Waals surface area contributed by atoms with Crippen LogP contribution in [-0.4, -0.2) is 5.84 Å². The number of aliphatic imine (C=N–C) groups is 1. The van der Waals surface area contributed by atoms with Crippen LogP contribution in [0.3, 0.4) is 0 Å². The molecule has 0 atom stereocenters. The number of rotatable bonds is 1. The van der Waals surface area contributed by atoms with E-state index in [4.69, 9.17) is 5.53 Å². The van der Waals surface area contributed by atoms with Gasteiger partial charge in [-0.05, 0) is 13.8 Å². The molecule has 3 nitrogen and oxygen atoms in total. The largest absolute Gasteiger partial charge is 0.240 e. The minimum absolute atomic E-state index is 0.475. The Kier molecular flexibility index (Phi) is 3.66. The third-order valence-electron chi connectivity index (χ3n) is 0.572. The summed E-state index contributed by atoms with van der Waals surface area (Å²) in [5.41, 5.74) is 6.45. The second kappa shape index (κ2) is 4.18. The first-order valence-electron chi connectivity index (χ1n) is 2.34. The van der Waals surface area contributed by atoms with E-state index in [9.17, 15) is 0 Å². The molecule has 3 heteroatoms. The van der Waals surface area contributed by atoms with Crippen LogP contribution in [0.4, 0.5) is 0 Å². The Bertz CT molecular complexity index is 124. The molecule has 0 saturated carbocycles. The fraction of sp³-hybridized carbons (Fsp3) is 0.400. The standard InChI is InChI=1S/C5H9N3/c1-3-4-7-5(2)8-6/h3-4,6H,1-2H3/b4-3-,7-5-,8-6?. The monoisotopic (exact) mass is 111 g/mol. The number of nitrogens with zero attached hydrogens (tertiary/aromatic N) is 2. The molecule has 0 aromatic heterocycles. The van der Waals surface area contributed by atoms with E-state index in [0.717, 1.165) is 0 Å². The maximum atomic E-state index is 6.45. The minimum Gasteiger partial charge on any atom is -0.240 e. The second-order valence-electron chi connectivity index (χ2n) is 1.27. The lowest BCUT2D eigenvalue weighted by molar-refractivity contribution is 1.17. The molecule has 8 heavy (non-hydrogen) atoms. The van der Waals surface area contributed by atoms with Gasteiger partial charge in [-0.15, -0.1) is 5.11 Å². The van der Waals surface area contributed by atoms with Gasteiger partial charge in [-0.1, -0.05) is 6.08 Å². The topological polar surface area (TPSA) is 48.6 Å². The van der Waals surface area contributed by atoms with E-state index in [2.05, 4.69) is 10.1 Å². The average Bonchev–Trinajstić information content (AvgIpc) is 1.83. The summed E-state index contributed by atoms with van der Waals surface area (Å²) >= 11 is 0. The van der Waals surface area contributed by atoms with Gasteiger partial charge < -0.3 is 0 Å². The highest BCUT2D eigenvalue weighted by molar-refractivity contribution is 5.79. The molecule has 0 bridgehead atoms. The van der Waals surface area contributed by atoms with Gasteiger partial charge >= 0.3 is 0 Å². The molecule has 0 aliphatic heterocycles. The normalized spacial score (nSPS) is 12.5. The molecule has 0 radical (unpaired) electrons. The summed E-state index contributed by atoms with van der Waals surface area (Å²) in [6, 6.07) is 0. The van der Waals surface area contributed by atoms with E-state index in [-0.39, 0.29) is 0 Å². The van der Waals surface area contributed by atoms with Gasteiger partial charge in [0, 0.05) is 6.20 Å². The SMILES string of the molecule is C/C=C\N=C(\C)N=N. The van der Waals surface area contributed by atoms with Crippen LogP contribution in [0.5, 0.6) is 0 Å². The van der Waals surface area contributed by atoms with Crippen molar-refractivity contribution >= 4 is 5.84 Å². The van der Waals surface area contributed by atoms with Crippen LogP contribution in [0.1, 0.15) is 13.8 Å². The third kappa shape index (κ3) is 3.21. The molecular weight excluding hydrogens is 102 g/mol. The predicted octanol–water partition coefficient (Wildman–Crippen LogP) is 1.97. The summed E-state index contributed by atoms with van der Waals surface area (Å²) in [4.78, 5) is 3.74. The van der Waals surface area contributed by atoms with Crippen LogP contribution in [0.2, 0.25) is 0 Å². The lowest BCUT2D eigenvalue weighted by Crippen LogP contribution is -1.77. The lowest BCUT2D eigenvalue weighted by atomic mass is 10.7. The molecule has 0 fully saturated rings. The first kappa shape index (κ1) is 7.01. The molecule has 0 amide bonds. The molecule has 0 rings (SSSR count). The summed E-state index contributed by atoms with van der Waals surface area (Å²) < 4.78 is 0. The lowest BCUT2D eigenvalue weighted by Gasteiger charge is -1.78. The summed E-state index contributed by atoms with van der Waals surface area (Å²) in [6.45, 7) is 3.54. The van der Waals surface area contributed by atoms with Crippen molar-refractivity contribution in [3.63, 3.8) is 0 Å². The molecule has 44 valence electrons. The van der Waals surface area contributed by atoms with Gasteiger partial charge in [0.2, 0.25) is 0 Å². The van der Waals surface area contributed by atoms with Crippen molar-refractivity contribution in [2.24, 2.45) is 10.1 Å². The zero-order chi connectivity index (χ0) is 6.41. The quantitative estimate of drug-likeness (QED) is 0.305. The van der Waals surface area contributed by atoms with E-state index < -0.39 is 0 Å². The first-order valence-corrected chi connectivity index (χ1v) is 2.34. The fourth-order valence-corrected chi connectivity index (χ4v) is 0.211. The Morgan fingerprint density at radius 3 is 2.62 bits per heavy atom. The average molecular weight is 111 g/mol. The number of allylic oxidation sites excluding steroid dienone is 1. The Labute approximate surface area is 48.6 Å². The summed E-state index contributed by atoms with van der Waals surface area (Å²) in [7, 11) is 0. The van der Waals surface area contributed by atoms with Crippen molar-refractivity contribution in [3.05, 3.63) is 12.3 Å². The molecule has 0 unspecified atom stereocenters. The van der Waals surface area contributed by atoms with E-state index >= 15 is 0 Å². The molecule has 0 aromatic carbocycles. The minimum atomic E-state index is 0.475.